The molecule has 0 atom stereocenters. The Morgan fingerprint density at radius 1 is 1.33 bits per heavy atom. The predicted molar refractivity (Wildman–Crippen MR) is 87.2 cm³/mol. The molecule has 2 N–H and O–H groups in total. The highest BCUT2D eigenvalue weighted by Crippen LogP contribution is 2.22. The molecule has 1 saturated heterocycles. The van der Waals surface area contributed by atoms with Crippen LogP contribution in [0, 0.1) is 0 Å². The number of sulfonamides is 1. The molecular formula is C14H25N3O2S2. The molecule has 0 radical (unpaired) electrons. The zero-order valence-corrected chi connectivity index (χ0v) is 14.4. The lowest BCUT2D eigenvalue weighted by atomic mass is 10.1. The van der Waals surface area contributed by atoms with Gasteiger partial charge in [0.1, 0.15) is 4.21 Å². The van der Waals surface area contributed by atoms with Crippen LogP contribution in [0.5, 0.6) is 0 Å². The van der Waals surface area contributed by atoms with Crippen molar-refractivity contribution in [1.82, 2.24) is 14.9 Å². The summed E-state index contributed by atoms with van der Waals surface area (Å²) < 4.78 is 28.1. The van der Waals surface area contributed by atoms with Gasteiger partial charge < -0.3 is 10.2 Å². The molecule has 1 aliphatic rings. The Bertz CT molecular complexity index is 534. The van der Waals surface area contributed by atoms with Crippen LogP contribution in [0.2, 0.25) is 0 Å². The zero-order chi connectivity index (χ0) is 15.3. The van der Waals surface area contributed by atoms with Crippen LogP contribution in [-0.2, 0) is 16.6 Å². The fraction of sp³-hybridized carbons (Fsp3) is 0.714. The summed E-state index contributed by atoms with van der Waals surface area (Å²) in [7, 11) is -1.51. The first kappa shape index (κ1) is 16.9. The van der Waals surface area contributed by atoms with Crippen LogP contribution in [-0.4, -0.2) is 46.0 Å². The number of thiophene rings is 1. The highest BCUT2D eigenvalue weighted by Gasteiger charge is 2.25. The van der Waals surface area contributed by atoms with Gasteiger partial charge in [-0.05, 0) is 58.1 Å². The van der Waals surface area contributed by atoms with Gasteiger partial charge in [0.15, 0.2) is 0 Å². The van der Waals surface area contributed by atoms with Crippen molar-refractivity contribution in [1.29, 1.82) is 0 Å². The Labute approximate surface area is 131 Å². The largest absolute Gasteiger partial charge is 0.315 e. The van der Waals surface area contributed by atoms with Crippen molar-refractivity contribution in [3.63, 3.8) is 0 Å². The second-order valence-electron chi connectivity index (χ2n) is 5.49. The molecule has 1 fully saturated rings. The third kappa shape index (κ3) is 4.75. The van der Waals surface area contributed by atoms with Crippen LogP contribution in [0.15, 0.2) is 16.3 Å². The van der Waals surface area contributed by atoms with E-state index in [1.165, 1.54) is 11.3 Å². The number of hydrogen-bond acceptors (Lipinski definition) is 5. The maximum atomic E-state index is 12.4. The van der Waals surface area contributed by atoms with Gasteiger partial charge in [-0.2, -0.15) is 0 Å². The molecule has 2 heterocycles. The van der Waals surface area contributed by atoms with E-state index in [9.17, 15) is 8.42 Å². The van der Waals surface area contributed by atoms with E-state index in [0.717, 1.165) is 43.8 Å². The van der Waals surface area contributed by atoms with E-state index >= 15 is 0 Å². The van der Waals surface area contributed by atoms with Crippen molar-refractivity contribution in [2.75, 3.05) is 26.7 Å². The van der Waals surface area contributed by atoms with Gasteiger partial charge >= 0.3 is 0 Å². The summed E-state index contributed by atoms with van der Waals surface area (Å²) in [4.78, 5) is 3.44. The summed E-state index contributed by atoms with van der Waals surface area (Å²) in [5, 5.41) is 3.04. The highest BCUT2D eigenvalue weighted by molar-refractivity contribution is 7.91. The molecule has 0 aromatic carbocycles. The lowest BCUT2D eigenvalue weighted by molar-refractivity contribution is 0.208. The third-order valence-corrected chi connectivity index (χ3v) is 6.80. The number of likely N-dealkylation sites (tertiary alicyclic amines) is 1. The molecule has 21 heavy (non-hydrogen) atoms. The van der Waals surface area contributed by atoms with Crippen LogP contribution in [0.25, 0.3) is 0 Å². The molecule has 0 spiro atoms. The molecule has 1 aromatic heterocycles. The number of rotatable bonds is 7. The average molecular weight is 332 g/mol. The van der Waals surface area contributed by atoms with Gasteiger partial charge in [0.25, 0.3) is 0 Å². The number of nitrogens with one attached hydrogen (secondary N) is 2. The molecule has 0 unspecified atom stereocenters. The first-order valence-electron chi connectivity index (χ1n) is 7.53. The Morgan fingerprint density at radius 3 is 2.67 bits per heavy atom. The van der Waals surface area contributed by atoms with Gasteiger partial charge in [-0.1, -0.05) is 6.92 Å². The molecule has 120 valence electrons. The van der Waals surface area contributed by atoms with E-state index < -0.39 is 10.0 Å². The van der Waals surface area contributed by atoms with E-state index in [1.807, 2.05) is 13.1 Å². The minimum absolute atomic E-state index is 0.0676. The molecule has 0 saturated carbocycles. The minimum atomic E-state index is -3.36. The van der Waals surface area contributed by atoms with Crippen molar-refractivity contribution in [3.8, 4) is 0 Å². The maximum absolute atomic E-state index is 12.4. The SMILES string of the molecule is CCCN1CCC(NS(=O)(=O)c2ccc(CNC)s2)CC1. The Kier molecular flexibility index (Phi) is 6.19. The van der Waals surface area contributed by atoms with Gasteiger partial charge in [-0.3, -0.25) is 0 Å². The maximum Gasteiger partial charge on any atom is 0.250 e. The average Bonchev–Trinajstić information content (AvgIpc) is 2.91. The lowest BCUT2D eigenvalue weighted by Gasteiger charge is -2.31. The standard InChI is InChI=1S/C14H25N3O2S2/c1-3-8-17-9-6-12(7-10-17)16-21(18,19)14-5-4-13(20-14)11-15-2/h4-5,12,15-16H,3,6-11H2,1-2H3. The normalized spacial score (nSPS) is 18.2. The van der Waals surface area contributed by atoms with Crippen LogP contribution in [0.4, 0.5) is 0 Å². The topological polar surface area (TPSA) is 61.4 Å². The predicted octanol–water partition coefficient (Wildman–Crippen LogP) is 1.62. The summed E-state index contributed by atoms with van der Waals surface area (Å²) in [5.74, 6) is 0. The second-order valence-corrected chi connectivity index (χ2v) is 8.60. The van der Waals surface area contributed by atoms with Gasteiger partial charge in [0.05, 0.1) is 0 Å². The summed E-state index contributed by atoms with van der Waals surface area (Å²) >= 11 is 1.34. The number of nitrogens with zero attached hydrogens (tertiary/aromatic N) is 1. The smallest absolute Gasteiger partial charge is 0.250 e. The van der Waals surface area contributed by atoms with E-state index in [1.54, 1.807) is 6.07 Å². The fourth-order valence-corrected chi connectivity index (χ4v) is 5.33. The van der Waals surface area contributed by atoms with Crippen molar-refractivity contribution in [2.24, 2.45) is 0 Å². The monoisotopic (exact) mass is 331 g/mol. The van der Waals surface area contributed by atoms with E-state index in [2.05, 4.69) is 21.9 Å². The van der Waals surface area contributed by atoms with Crippen molar-refractivity contribution in [2.45, 2.75) is 43.0 Å². The molecule has 5 nitrogen and oxygen atoms in total. The molecule has 1 aromatic rings. The summed E-state index contributed by atoms with van der Waals surface area (Å²) in [5.41, 5.74) is 0. The van der Waals surface area contributed by atoms with E-state index in [4.69, 9.17) is 0 Å². The van der Waals surface area contributed by atoms with Crippen molar-refractivity contribution >= 4 is 21.4 Å². The van der Waals surface area contributed by atoms with Gasteiger partial charge in [-0.25, -0.2) is 13.1 Å². The van der Waals surface area contributed by atoms with Gasteiger partial charge in [0.2, 0.25) is 10.0 Å². The van der Waals surface area contributed by atoms with Crippen molar-refractivity contribution < 1.29 is 8.42 Å². The Morgan fingerprint density at radius 2 is 2.05 bits per heavy atom. The zero-order valence-electron chi connectivity index (χ0n) is 12.8. The molecule has 0 bridgehead atoms. The van der Waals surface area contributed by atoms with E-state index in [0.29, 0.717) is 10.8 Å². The third-order valence-electron chi connectivity index (χ3n) is 3.70. The Hall–Kier alpha value is -0.470. The van der Waals surface area contributed by atoms with E-state index in [-0.39, 0.29) is 6.04 Å². The summed E-state index contributed by atoms with van der Waals surface area (Å²) in [6, 6.07) is 3.64. The fourth-order valence-electron chi connectivity index (χ4n) is 2.64. The van der Waals surface area contributed by atoms with Crippen LogP contribution in [0.1, 0.15) is 31.1 Å². The van der Waals surface area contributed by atoms with Gasteiger partial charge in [-0.15, -0.1) is 11.3 Å². The quantitative estimate of drug-likeness (QED) is 0.797. The summed E-state index contributed by atoms with van der Waals surface area (Å²) in [6.45, 7) is 5.95. The minimum Gasteiger partial charge on any atom is -0.315 e. The van der Waals surface area contributed by atoms with Gasteiger partial charge in [0, 0.05) is 17.5 Å². The molecule has 7 heteroatoms. The molecule has 0 amide bonds. The first-order chi connectivity index (χ1) is 10.0. The van der Waals surface area contributed by atoms with Crippen LogP contribution in [0.3, 0.4) is 0 Å². The molecule has 1 aliphatic heterocycles. The van der Waals surface area contributed by atoms with Crippen molar-refractivity contribution in [3.05, 3.63) is 17.0 Å². The summed E-state index contributed by atoms with van der Waals surface area (Å²) in [6.07, 6.45) is 2.95. The molecule has 0 aliphatic carbocycles. The first-order valence-corrected chi connectivity index (χ1v) is 9.83. The second kappa shape index (κ2) is 7.69. The van der Waals surface area contributed by atoms with Crippen LogP contribution < -0.4 is 10.0 Å². The molecule has 2 rings (SSSR count). The Balaban J connectivity index is 1.92. The number of hydrogen-bond donors (Lipinski definition) is 2. The highest BCUT2D eigenvalue weighted by atomic mass is 32.2. The molecular weight excluding hydrogens is 306 g/mol. The number of piperidine rings is 1. The lowest BCUT2D eigenvalue weighted by Crippen LogP contribution is -2.44. The van der Waals surface area contributed by atoms with Crippen LogP contribution >= 0.6 is 11.3 Å².